The molecule has 1 aliphatic heterocycles. The maximum Gasteiger partial charge on any atom is 0.116 e. The van der Waals surface area contributed by atoms with E-state index < -0.39 is 5.54 Å². The molecule has 1 aliphatic carbocycles. The third-order valence-corrected chi connectivity index (χ3v) is 3.82. The molecule has 2 unspecified atom stereocenters. The van der Waals surface area contributed by atoms with Crippen LogP contribution in [0.5, 0.6) is 0 Å². The van der Waals surface area contributed by atoms with Crippen molar-refractivity contribution in [1.29, 1.82) is 5.26 Å². The molecule has 1 saturated heterocycles. The van der Waals surface area contributed by atoms with E-state index in [4.69, 9.17) is 4.74 Å². The van der Waals surface area contributed by atoms with Crippen LogP contribution in [0.3, 0.4) is 0 Å². The van der Waals surface area contributed by atoms with Gasteiger partial charge in [0.15, 0.2) is 0 Å². The minimum absolute atomic E-state index is 0.369. The Balaban J connectivity index is 1.84. The zero-order valence-electron chi connectivity index (χ0n) is 11.6. The number of nitriles is 1. The average molecular weight is 251 g/mol. The number of hydrogen-bond donors (Lipinski definition) is 1. The molecular formula is C14H25N3O. The van der Waals surface area contributed by atoms with Crippen molar-refractivity contribution in [3.05, 3.63) is 0 Å². The number of hydrogen-bond acceptors (Lipinski definition) is 4. The summed E-state index contributed by atoms with van der Waals surface area (Å²) < 4.78 is 5.68. The molecule has 0 amide bonds. The summed E-state index contributed by atoms with van der Waals surface area (Å²) in [4.78, 5) is 2.34. The van der Waals surface area contributed by atoms with Crippen LogP contribution in [-0.4, -0.2) is 48.8 Å². The monoisotopic (exact) mass is 251 g/mol. The molecule has 18 heavy (non-hydrogen) atoms. The molecule has 4 nitrogen and oxygen atoms in total. The van der Waals surface area contributed by atoms with E-state index in [2.05, 4.69) is 23.2 Å². The summed E-state index contributed by atoms with van der Waals surface area (Å²) >= 11 is 0. The molecule has 2 rings (SSSR count). The molecule has 0 aromatic rings. The number of rotatable bonds is 7. The molecule has 2 fully saturated rings. The summed E-state index contributed by atoms with van der Waals surface area (Å²) in [5.74, 6) is 0. The van der Waals surface area contributed by atoms with Crippen LogP contribution in [0.4, 0.5) is 0 Å². The Morgan fingerprint density at radius 1 is 1.44 bits per heavy atom. The van der Waals surface area contributed by atoms with Gasteiger partial charge in [0.1, 0.15) is 5.54 Å². The van der Waals surface area contributed by atoms with E-state index in [1.54, 1.807) is 0 Å². The minimum atomic E-state index is -0.421. The van der Waals surface area contributed by atoms with Crippen LogP contribution in [0.25, 0.3) is 0 Å². The summed E-state index contributed by atoms with van der Waals surface area (Å²) in [7, 11) is 0. The summed E-state index contributed by atoms with van der Waals surface area (Å²) in [6.45, 7) is 7.80. The molecule has 2 aliphatic rings. The average Bonchev–Trinajstić information content (AvgIpc) is 3.02. The van der Waals surface area contributed by atoms with Crippen LogP contribution in [0.1, 0.15) is 39.5 Å². The lowest BCUT2D eigenvalue weighted by Gasteiger charge is -2.32. The van der Waals surface area contributed by atoms with Crippen LogP contribution in [0.2, 0.25) is 0 Å². The summed E-state index contributed by atoms with van der Waals surface area (Å²) in [5.41, 5.74) is -0.421. The second-order valence-corrected chi connectivity index (χ2v) is 5.83. The van der Waals surface area contributed by atoms with Crippen LogP contribution in [-0.2, 0) is 4.74 Å². The van der Waals surface area contributed by atoms with Gasteiger partial charge < -0.3 is 4.74 Å². The third-order valence-electron chi connectivity index (χ3n) is 3.82. The smallest absolute Gasteiger partial charge is 0.116 e. The zero-order valence-corrected chi connectivity index (χ0v) is 11.6. The SMILES string of the molecule is CCN(CC1CCCO1)CC(C)(C#N)NC1CC1. The first-order valence-corrected chi connectivity index (χ1v) is 7.18. The van der Waals surface area contributed by atoms with Crippen molar-refractivity contribution in [3.63, 3.8) is 0 Å². The molecule has 4 heteroatoms. The summed E-state index contributed by atoms with van der Waals surface area (Å²) in [5, 5.41) is 12.9. The van der Waals surface area contributed by atoms with Crippen molar-refractivity contribution in [1.82, 2.24) is 10.2 Å². The fourth-order valence-electron chi connectivity index (χ4n) is 2.62. The molecule has 2 atom stereocenters. The van der Waals surface area contributed by atoms with Gasteiger partial charge in [-0.3, -0.25) is 10.2 Å². The van der Waals surface area contributed by atoms with Gasteiger partial charge in [0.05, 0.1) is 12.2 Å². The minimum Gasteiger partial charge on any atom is -0.377 e. The van der Waals surface area contributed by atoms with E-state index >= 15 is 0 Å². The molecule has 1 N–H and O–H groups in total. The van der Waals surface area contributed by atoms with E-state index in [9.17, 15) is 5.26 Å². The molecule has 0 aromatic heterocycles. The van der Waals surface area contributed by atoms with Gasteiger partial charge in [-0.2, -0.15) is 5.26 Å². The normalized spacial score (nSPS) is 27.1. The first-order valence-electron chi connectivity index (χ1n) is 7.18. The van der Waals surface area contributed by atoms with Crippen LogP contribution < -0.4 is 5.32 Å². The molecule has 1 saturated carbocycles. The van der Waals surface area contributed by atoms with Crippen molar-refractivity contribution >= 4 is 0 Å². The van der Waals surface area contributed by atoms with Gasteiger partial charge in [-0.05, 0) is 39.2 Å². The third kappa shape index (κ3) is 3.94. The van der Waals surface area contributed by atoms with Crippen molar-refractivity contribution in [3.8, 4) is 6.07 Å². The van der Waals surface area contributed by atoms with E-state index in [0.29, 0.717) is 12.1 Å². The Morgan fingerprint density at radius 3 is 2.72 bits per heavy atom. The Bertz CT molecular complexity index is 305. The lowest BCUT2D eigenvalue weighted by Crippen LogP contribution is -2.52. The second kappa shape index (κ2) is 6.01. The quantitative estimate of drug-likeness (QED) is 0.745. The Morgan fingerprint density at radius 2 is 2.22 bits per heavy atom. The van der Waals surface area contributed by atoms with Gasteiger partial charge in [-0.15, -0.1) is 0 Å². The highest BCUT2D eigenvalue weighted by Crippen LogP contribution is 2.23. The lowest BCUT2D eigenvalue weighted by atomic mass is 10.0. The highest BCUT2D eigenvalue weighted by atomic mass is 16.5. The Kier molecular flexibility index (Phi) is 4.60. The van der Waals surface area contributed by atoms with E-state index in [0.717, 1.165) is 32.7 Å². The highest BCUT2D eigenvalue weighted by Gasteiger charge is 2.34. The zero-order chi connectivity index (χ0) is 13.0. The molecular weight excluding hydrogens is 226 g/mol. The largest absolute Gasteiger partial charge is 0.377 e. The predicted molar refractivity (Wildman–Crippen MR) is 71.3 cm³/mol. The van der Waals surface area contributed by atoms with Gasteiger partial charge in [0, 0.05) is 25.7 Å². The van der Waals surface area contributed by atoms with Crippen molar-refractivity contribution < 1.29 is 4.74 Å². The molecule has 0 radical (unpaired) electrons. The van der Waals surface area contributed by atoms with Crippen LogP contribution in [0.15, 0.2) is 0 Å². The predicted octanol–water partition coefficient (Wildman–Crippen LogP) is 1.52. The maximum atomic E-state index is 9.40. The van der Waals surface area contributed by atoms with Crippen molar-refractivity contribution in [2.75, 3.05) is 26.2 Å². The van der Waals surface area contributed by atoms with Crippen molar-refractivity contribution in [2.45, 2.75) is 57.2 Å². The van der Waals surface area contributed by atoms with Crippen molar-refractivity contribution in [2.24, 2.45) is 0 Å². The molecule has 0 aromatic carbocycles. The topological polar surface area (TPSA) is 48.3 Å². The van der Waals surface area contributed by atoms with E-state index in [1.807, 2.05) is 6.92 Å². The van der Waals surface area contributed by atoms with Gasteiger partial charge in [-0.1, -0.05) is 6.92 Å². The first-order chi connectivity index (χ1) is 8.65. The van der Waals surface area contributed by atoms with E-state index in [-0.39, 0.29) is 0 Å². The van der Waals surface area contributed by atoms with Gasteiger partial charge in [0.25, 0.3) is 0 Å². The number of nitrogens with zero attached hydrogens (tertiary/aromatic N) is 2. The van der Waals surface area contributed by atoms with Crippen LogP contribution in [0, 0.1) is 11.3 Å². The molecule has 102 valence electrons. The number of likely N-dealkylation sites (N-methyl/N-ethyl adjacent to an activating group) is 1. The molecule has 1 heterocycles. The van der Waals surface area contributed by atoms with Crippen LogP contribution >= 0.6 is 0 Å². The summed E-state index contributed by atoms with van der Waals surface area (Å²) in [6, 6.07) is 3.01. The van der Waals surface area contributed by atoms with Gasteiger partial charge in [0.2, 0.25) is 0 Å². The Labute approximate surface area is 110 Å². The molecule has 0 bridgehead atoms. The second-order valence-electron chi connectivity index (χ2n) is 5.83. The van der Waals surface area contributed by atoms with Gasteiger partial charge in [-0.25, -0.2) is 0 Å². The number of ether oxygens (including phenoxy) is 1. The summed E-state index contributed by atoms with van der Waals surface area (Å²) in [6.07, 6.45) is 5.15. The lowest BCUT2D eigenvalue weighted by molar-refractivity contribution is 0.0686. The Hall–Kier alpha value is -0.630. The van der Waals surface area contributed by atoms with Gasteiger partial charge >= 0.3 is 0 Å². The first kappa shape index (κ1) is 13.8. The number of nitrogens with one attached hydrogen (secondary N) is 1. The highest BCUT2D eigenvalue weighted by molar-refractivity contribution is 5.09. The molecule has 0 spiro atoms. The fraction of sp³-hybridized carbons (Fsp3) is 0.929. The maximum absolute atomic E-state index is 9.40. The fourth-order valence-corrected chi connectivity index (χ4v) is 2.62. The van der Waals surface area contributed by atoms with E-state index in [1.165, 1.54) is 19.3 Å². The standard InChI is InChI=1S/C14H25N3O/c1-3-17(9-13-5-4-8-18-13)11-14(2,10-15)16-12-6-7-12/h12-13,16H,3-9,11H2,1-2H3.